The number of hydrogen-bond donors (Lipinski definition) is 0. The van der Waals surface area contributed by atoms with E-state index in [-0.39, 0.29) is 11.5 Å². The average Bonchev–Trinajstić information content (AvgIpc) is 2.64. The molecule has 0 aromatic carbocycles. The molecule has 16 heavy (non-hydrogen) atoms. The molecule has 2 aromatic heterocycles. The van der Waals surface area contributed by atoms with E-state index >= 15 is 0 Å². The first kappa shape index (κ1) is 10.3. The molecular formula is C10H10N4O2. The van der Waals surface area contributed by atoms with Crippen molar-refractivity contribution in [1.29, 1.82) is 0 Å². The molecule has 82 valence electrons. The molecule has 0 atom stereocenters. The van der Waals surface area contributed by atoms with Gasteiger partial charge in [-0.1, -0.05) is 0 Å². The van der Waals surface area contributed by atoms with Crippen LogP contribution in [0.5, 0.6) is 0 Å². The minimum Gasteiger partial charge on any atom is -0.258 e. The zero-order valence-corrected chi connectivity index (χ0v) is 8.91. The van der Waals surface area contributed by atoms with Gasteiger partial charge in [-0.2, -0.15) is 5.10 Å². The summed E-state index contributed by atoms with van der Waals surface area (Å²) in [6.45, 7) is 3.58. The Morgan fingerprint density at radius 3 is 2.75 bits per heavy atom. The Morgan fingerprint density at radius 1 is 1.44 bits per heavy atom. The van der Waals surface area contributed by atoms with Crippen LogP contribution in [0.3, 0.4) is 0 Å². The van der Waals surface area contributed by atoms with Crippen LogP contribution in [-0.4, -0.2) is 19.7 Å². The Balaban J connectivity index is 2.60. The summed E-state index contributed by atoms with van der Waals surface area (Å²) >= 11 is 0. The van der Waals surface area contributed by atoms with Gasteiger partial charge in [0.05, 0.1) is 10.6 Å². The van der Waals surface area contributed by atoms with Crippen LogP contribution in [0.15, 0.2) is 24.5 Å². The van der Waals surface area contributed by atoms with Crippen LogP contribution in [0.1, 0.15) is 11.3 Å². The van der Waals surface area contributed by atoms with E-state index in [9.17, 15) is 10.1 Å². The van der Waals surface area contributed by atoms with Gasteiger partial charge in [0.25, 0.3) is 0 Å². The third kappa shape index (κ3) is 1.77. The van der Waals surface area contributed by atoms with E-state index < -0.39 is 4.92 Å². The number of pyridine rings is 1. The van der Waals surface area contributed by atoms with Crippen molar-refractivity contribution < 1.29 is 4.92 Å². The minimum absolute atomic E-state index is 0.0388. The third-order valence-corrected chi connectivity index (χ3v) is 2.12. The van der Waals surface area contributed by atoms with Crippen molar-refractivity contribution in [2.24, 2.45) is 0 Å². The van der Waals surface area contributed by atoms with Crippen LogP contribution < -0.4 is 0 Å². The second-order valence-electron chi connectivity index (χ2n) is 3.51. The molecule has 0 unspecified atom stereocenters. The first-order valence-electron chi connectivity index (χ1n) is 4.71. The first-order valence-corrected chi connectivity index (χ1v) is 4.71. The van der Waals surface area contributed by atoms with Crippen LogP contribution >= 0.6 is 0 Å². The van der Waals surface area contributed by atoms with E-state index in [1.54, 1.807) is 25.4 Å². The van der Waals surface area contributed by atoms with Crippen molar-refractivity contribution in [2.75, 3.05) is 0 Å². The van der Waals surface area contributed by atoms with Gasteiger partial charge in [0, 0.05) is 18.5 Å². The van der Waals surface area contributed by atoms with Crippen LogP contribution in [0, 0.1) is 24.0 Å². The second-order valence-corrected chi connectivity index (χ2v) is 3.51. The molecule has 2 heterocycles. The number of nitro groups is 1. The molecule has 0 aliphatic heterocycles. The lowest BCUT2D eigenvalue weighted by Crippen LogP contribution is -2.04. The highest BCUT2D eigenvalue weighted by Crippen LogP contribution is 2.20. The Hall–Kier alpha value is -2.24. The van der Waals surface area contributed by atoms with Gasteiger partial charge in [0.15, 0.2) is 0 Å². The largest absolute Gasteiger partial charge is 0.314 e. The molecule has 2 aromatic rings. The number of rotatable bonds is 2. The van der Waals surface area contributed by atoms with E-state index in [0.29, 0.717) is 0 Å². The molecule has 0 bridgehead atoms. The highest BCUT2D eigenvalue weighted by atomic mass is 16.6. The van der Waals surface area contributed by atoms with Gasteiger partial charge in [-0.25, -0.2) is 9.67 Å². The molecule has 0 aliphatic carbocycles. The number of aryl methyl sites for hydroxylation is 2. The summed E-state index contributed by atoms with van der Waals surface area (Å²) in [7, 11) is 0. The summed E-state index contributed by atoms with van der Waals surface area (Å²) in [4.78, 5) is 14.5. The van der Waals surface area contributed by atoms with Crippen molar-refractivity contribution in [1.82, 2.24) is 14.8 Å². The van der Waals surface area contributed by atoms with Crippen molar-refractivity contribution in [3.05, 3.63) is 45.9 Å². The van der Waals surface area contributed by atoms with Gasteiger partial charge in [-0.3, -0.25) is 10.1 Å². The minimum atomic E-state index is -0.452. The fourth-order valence-corrected chi connectivity index (χ4v) is 1.39. The lowest BCUT2D eigenvalue weighted by atomic mass is 10.3. The topological polar surface area (TPSA) is 73.8 Å². The summed E-state index contributed by atoms with van der Waals surface area (Å²) in [6, 6.07) is 3.25. The summed E-state index contributed by atoms with van der Waals surface area (Å²) < 4.78 is 1.41. The summed E-state index contributed by atoms with van der Waals surface area (Å²) in [5, 5.41) is 15.0. The van der Waals surface area contributed by atoms with Gasteiger partial charge in [-0.15, -0.1) is 0 Å². The molecule has 0 N–H and O–H groups in total. The van der Waals surface area contributed by atoms with Gasteiger partial charge in [-0.05, 0) is 25.5 Å². The monoisotopic (exact) mass is 218 g/mol. The van der Waals surface area contributed by atoms with Crippen LogP contribution in [-0.2, 0) is 0 Å². The molecule has 0 amide bonds. The quantitative estimate of drug-likeness (QED) is 0.569. The molecule has 6 heteroatoms. The highest BCUT2D eigenvalue weighted by Gasteiger charge is 2.17. The third-order valence-electron chi connectivity index (χ3n) is 2.12. The normalized spacial score (nSPS) is 10.4. The Labute approximate surface area is 91.7 Å². The molecule has 2 rings (SSSR count). The van der Waals surface area contributed by atoms with Gasteiger partial charge in [0.2, 0.25) is 5.82 Å². The second kappa shape index (κ2) is 3.73. The molecule has 0 radical (unpaired) electrons. The first-order chi connectivity index (χ1) is 7.58. The number of hydrogen-bond acceptors (Lipinski definition) is 4. The maximum Gasteiger partial charge on any atom is 0.314 e. The van der Waals surface area contributed by atoms with Crippen LogP contribution in [0.4, 0.5) is 5.69 Å². The van der Waals surface area contributed by atoms with Gasteiger partial charge < -0.3 is 0 Å². The van der Waals surface area contributed by atoms with Crippen LogP contribution in [0.2, 0.25) is 0 Å². The molecule has 0 fully saturated rings. The smallest absolute Gasteiger partial charge is 0.258 e. The lowest BCUT2D eigenvalue weighted by Gasteiger charge is -2.02. The maximum atomic E-state index is 10.9. The van der Waals surface area contributed by atoms with Crippen molar-refractivity contribution >= 4 is 5.69 Å². The van der Waals surface area contributed by atoms with Crippen molar-refractivity contribution in [3.63, 3.8) is 0 Å². The van der Waals surface area contributed by atoms with Crippen molar-refractivity contribution in [3.8, 4) is 5.82 Å². The Kier molecular flexibility index (Phi) is 2.40. The van der Waals surface area contributed by atoms with Gasteiger partial charge >= 0.3 is 5.69 Å². The molecular weight excluding hydrogens is 208 g/mol. The Morgan fingerprint density at radius 2 is 2.19 bits per heavy atom. The summed E-state index contributed by atoms with van der Waals surface area (Å²) in [5.41, 5.74) is 1.50. The predicted octanol–water partition coefficient (Wildman–Crippen LogP) is 1.79. The standard InChI is InChI=1S/C10H10N4O2/c1-7-5-9(14(15)16)10(11-6-7)13-4-3-8(2)12-13/h3-6H,1-2H3. The Bertz CT molecular complexity index is 548. The SMILES string of the molecule is Cc1cnc(-n2ccc(C)n2)c([N+](=O)[O-])c1. The lowest BCUT2D eigenvalue weighted by molar-refractivity contribution is -0.385. The van der Waals surface area contributed by atoms with Crippen LogP contribution in [0.25, 0.3) is 5.82 Å². The molecule has 0 saturated heterocycles. The van der Waals surface area contributed by atoms with E-state index in [1.807, 2.05) is 6.92 Å². The fourth-order valence-electron chi connectivity index (χ4n) is 1.39. The highest BCUT2D eigenvalue weighted by molar-refractivity contribution is 5.47. The molecule has 0 spiro atoms. The summed E-state index contributed by atoms with van der Waals surface area (Å²) in [6.07, 6.45) is 3.24. The predicted molar refractivity (Wildman–Crippen MR) is 57.5 cm³/mol. The van der Waals surface area contributed by atoms with E-state index in [0.717, 1.165) is 11.3 Å². The van der Waals surface area contributed by atoms with Crippen molar-refractivity contribution in [2.45, 2.75) is 13.8 Å². The fraction of sp³-hybridized carbons (Fsp3) is 0.200. The maximum absolute atomic E-state index is 10.9. The zero-order chi connectivity index (χ0) is 11.7. The van der Waals surface area contributed by atoms with Gasteiger partial charge in [0.1, 0.15) is 0 Å². The summed E-state index contributed by atoms with van der Waals surface area (Å²) in [5.74, 6) is 0.240. The molecule has 0 saturated carbocycles. The van der Waals surface area contributed by atoms with E-state index in [1.165, 1.54) is 10.7 Å². The van der Waals surface area contributed by atoms with E-state index in [2.05, 4.69) is 10.1 Å². The van der Waals surface area contributed by atoms with E-state index in [4.69, 9.17) is 0 Å². The molecule has 0 aliphatic rings. The average molecular weight is 218 g/mol. The number of aromatic nitrogens is 3. The molecule has 6 nitrogen and oxygen atoms in total. The zero-order valence-electron chi connectivity index (χ0n) is 8.91. The number of nitrogens with zero attached hydrogens (tertiary/aromatic N) is 4.